The number of unbranched alkanes of at least 4 members (excludes halogenated alkanes) is 32. The highest BCUT2D eigenvalue weighted by Crippen LogP contribution is 2.65. The Kier molecular flexibility index (Phi) is 30.5. The maximum Gasteiger partial charge on any atom is 0.647 e. The number of ether oxygens (including phenoxy) is 6. The molecule has 0 spiro atoms. The van der Waals surface area contributed by atoms with Gasteiger partial charge in [0.1, 0.15) is 58.1 Å². The van der Waals surface area contributed by atoms with Gasteiger partial charge in [-0.2, -0.15) is 4.57 Å². The molecule has 1 aliphatic carbocycles. The maximum absolute atomic E-state index is 16.3. The first-order valence-electron chi connectivity index (χ1n) is 38.0. The van der Waals surface area contributed by atoms with Crippen molar-refractivity contribution in [2.45, 2.75) is 308 Å². The Labute approximate surface area is 610 Å². The second-order valence-corrected chi connectivity index (χ2v) is 32.7. The first kappa shape index (κ1) is 75.1. The largest absolute Gasteiger partial charge is 0.647 e. The normalized spacial score (nSPS) is 18.6. The summed E-state index contributed by atoms with van der Waals surface area (Å²) >= 11 is 16.9. The lowest BCUT2D eigenvalue weighted by atomic mass is 9.76. The van der Waals surface area contributed by atoms with Gasteiger partial charge in [-0.25, -0.2) is 0 Å². The molecule has 4 heterocycles. The number of rotatable bonds is 42. The summed E-state index contributed by atoms with van der Waals surface area (Å²) in [5.74, 6) is 4.30. The molecule has 0 radical (unpaired) electrons. The molecule has 528 valence electrons. The van der Waals surface area contributed by atoms with E-state index in [1.807, 2.05) is 18.2 Å². The van der Waals surface area contributed by atoms with Crippen LogP contribution in [0.25, 0.3) is 0 Å². The summed E-state index contributed by atoms with van der Waals surface area (Å²) in [4.78, 5) is 0. The Balaban J connectivity index is 1.21. The Morgan fingerprint density at radius 3 is 0.760 bits per heavy atom. The van der Waals surface area contributed by atoms with Gasteiger partial charge in [-0.15, -0.1) is 0 Å². The molecule has 5 aromatic rings. The Morgan fingerprint density at radius 1 is 0.312 bits per heavy atom. The summed E-state index contributed by atoms with van der Waals surface area (Å²) in [6, 6.07) is 18.8. The van der Waals surface area contributed by atoms with Gasteiger partial charge in [0.25, 0.3) is 0 Å². The number of benzene rings is 5. The number of hydrogen-bond acceptors (Lipinski definition) is 10. The predicted octanol–water partition coefficient (Wildman–Crippen LogP) is 28.4. The number of phosphoric acid groups is 1. The molecule has 0 saturated heterocycles. The summed E-state index contributed by atoms with van der Waals surface area (Å²) in [6.07, 6.45) is 46.9. The molecule has 5 atom stereocenters. The fourth-order valence-electron chi connectivity index (χ4n) is 15.6. The maximum atomic E-state index is 16.3. The Bertz CT molecular complexity index is 3130. The molecule has 0 fully saturated rings. The molecular formula is C81H111Br4O10P. The molecule has 5 aliphatic rings. The lowest BCUT2D eigenvalue weighted by molar-refractivity contribution is 0.0998. The highest BCUT2D eigenvalue weighted by molar-refractivity contribution is 9.11. The first-order valence-corrected chi connectivity index (χ1v) is 42.7. The minimum Gasteiger partial charge on any atom is -0.456 e. The van der Waals surface area contributed by atoms with Crippen molar-refractivity contribution in [1.29, 1.82) is 0 Å². The zero-order valence-electron chi connectivity index (χ0n) is 58.5. The molecule has 0 saturated carbocycles. The SMILES string of the molecule is CCCCCCCCCCCC1c2cc3c4c(Br)c2OCOc2c1cc1c(c2Br)OCOc2c(cc5c(c2Br)OP(=O)(Oc2ccccc2)Oc2c(cc(c(c2Br)OCO4)[C@@H]3CCCCCCCCCCC)C5CCCCCCCCCCC)[C@H]1CCCCCCCCCCC. The van der Waals surface area contributed by atoms with Gasteiger partial charge in [0.2, 0.25) is 20.4 Å². The van der Waals surface area contributed by atoms with Crippen molar-refractivity contribution in [3.63, 3.8) is 0 Å². The molecule has 10 rings (SSSR count). The van der Waals surface area contributed by atoms with Gasteiger partial charge in [-0.3, -0.25) is 0 Å². The topological polar surface area (TPSA) is 100 Å². The fourth-order valence-corrected chi connectivity index (χ4v) is 19.9. The van der Waals surface area contributed by atoms with E-state index >= 15 is 4.57 Å². The van der Waals surface area contributed by atoms with Crippen LogP contribution >= 0.6 is 71.5 Å². The minimum atomic E-state index is -4.65. The molecule has 10 nitrogen and oxygen atoms in total. The third kappa shape index (κ3) is 19.3. The summed E-state index contributed by atoms with van der Waals surface area (Å²) < 4.78 is 81.7. The average molecular weight is 1600 g/mol. The van der Waals surface area contributed by atoms with Gasteiger partial charge in [0.15, 0.2) is 11.5 Å². The lowest BCUT2D eigenvalue weighted by Gasteiger charge is -2.37. The molecule has 4 aliphatic heterocycles. The molecule has 0 N–H and O–H groups in total. The van der Waals surface area contributed by atoms with Crippen LogP contribution in [0.2, 0.25) is 0 Å². The second-order valence-electron chi connectivity index (χ2n) is 28.0. The van der Waals surface area contributed by atoms with Crippen LogP contribution in [0.1, 0.15) is 353 Å². The van der Waals surface area contributed by atoms with Crippen molar-refractivity contribution in [2.75, 3.05) is 20.4 Å². The van der Waals surface area contributed by atoms with Crippen molar-refractivity contribution >= 4 is 71.5 Å². The number of hydrogen-bond donors (Lipinski definition) is 0. The van der Waals surface area contributed by atoms with Crippen LogP contribution in [-0.2, 0) is 4.57 Å². The molecule has 5 aromatic carbocycles. The van der Waals surface area contributed by atoms with Crippen LogP contribution in [-0.4, -0.2) is 20.4 Å². The molecule has 8 bridgehead atoms. The van der Waals surface area contributed by atoms with Crippen LogP contribution in [0.3, 0.4) is 0 Å². The smallest absolute Gasteiger partial charge is 0.456 e. The number of para-hydroxylation sites is 1. The lowest BCUT2D eigenvalue weighted by Crippen LogP contribution is -2.23. The van der Waals surface area contributed by atoms with Crippen molar-refractivity contribution < 1.29 is 46.6 Å². The standard InChI is InChI=1S/C81H111Br4O10P/c1-5-9-13-17-21-25-29-33-40-46-58-62-50-64-59(47-41-34-30-26-22-18-14-10-6-2)66-52-68-61(49-43-36-32-28-24-20-16-12-8-4)69-53-67-60(48-42-35-31-27-23-19-15-11-7-3)65-51-63(58)75-71(83)77(65)90-56-92-79(67)73(85)81(69)95-96(86,93-57-44-38-37-39-45-57)94-80(68)72(84)78(66)91-55-89-76(64)70(82)74(62)87-54-88-75/h37-39,44-45,50-53,58-61H,5-36,40-43,46-49,54-56H2,1-4H3/t58?,59-,60+,61?,96?. The van der Waals surface area contributed by atoms with Crippen molar-refractivity contribution in [2.24, 2.45) is 0 Å². The van der Waals surface area contributed by atoms with E-state index in [1.54, 1.807) is 12.1 Å². The van der Waals surface area contributed by atoms with E-state index < -0.39 is 7.82 Å². The van der Waals surface area contributed by atoms with Crippen LogP contribution in [0.15, 0.2) is 72.5 Å². The molecule has 0 aromatic heterocycles. The second kappa shape index (κ2) is 39.0. The first-order chi connectivity index (χ1) is 47.1. The van der Waals surface area contributed by atoms with Crippen molar-refractivity contribution in [1.82, 2.24) is 0 Å². The summed E-state index contributed by atoms with van der Waals surface area (Å²) in [7, 11) is -4.65. The average Bonchev–Trinajstić information content (AvgIpc) is 0.725. The van der Waals surface area contributed by atoms with Crippen LogP contribution < -0.4 is 42.0 Å². The summed E-state index contributed by atoms with van der Waals surface area (Å²) in [5.41, 5.74) is 8.25. The summed E-state index contributed by atoms with van der Waals surface area (Å²) in [5, 5.41) is 0. The van der Waals surface area contributed by atoms with E-state index in [-0.39, 0.29) is 44.1 Å². The number of halogens is 4. The van der Waals surface area contributed by atoms with E-state index in [0.29, 0.717) is 49.2 Å². The van der Waals surface area contributed by atoms with Crippen LogP contribution in [0.5, 0.6) is 51.7 Å². The number of phosphoric ester groups is 1. The third-order valence-electron chi connectivity index (χ3n) is 20.9. The summed E-state index contributed by atoms with van der Waals surface area (Å²) in [6.45, 7) is 8.90. The van der Waals surface area contributed by atoms with Crippen LogP contribution in [0.4, 0.5) is 0 Å². The fraction of sp³-hybridized carbons (Fsp3) is 0.630. The molecular weight excluding hydrogens is 1480 g/mol. The van der Waals surface area contributed by atoms with Gasteiger partial charge >= 0.3 is 7.82 Å². The van der Waals surface area contributed by atoms with Gasteiger partial charge in [-0.05, 0) is 126 Å². The zero-order chi connectivity index (χ0) is 67.1. The van der Waals surface area contributed by atoms with Gasteiger partial charge < -0.3 is 42.0 Å². The van der Waals surface area contributed by atoms with E-state index in [4.69, 9.17) is 42.0 Å². The molecule has 96 heavy (non-hydrogen) atoms. The Morgan fingerprint density at radius 2 is 0.521 bits per heavy atom. The van der Waals surface area contributed by atoms with Crippen molar-refractivity contribution in [3.8, 4) is 51.7 Å². The highest BCUT2D eigenvalue weighted by Gasteiger charge is 2.46. The van der Waals surface area contributed by atoms with E-state index in [1.165, 1.54) is 173 Å². The zero-order valence-corrected chi connectivity index (χ0v) is 65.7. The van der Waals surface area contributed by atoms with Crippen LogP contribution in [0, 0.1) is 0 Å². The molecule has 0 amide bonds. The van der Waals surface area contributed by atoms with E-state index in [9.17, 15) is 0 Å². The quantitative estimate of drug-likeness (QED) is 0.0277. The van der Waals surface area contributed by atoms with Crippen molar-refractivity contribution in [3.05, 3.63) is 117 Å². The van der Waals surface area contributed by atoms with Gasteiger partial charge in [-0.1, -0.05) is 277 Å². The minimum absolute atomic E-state index is 0.0295. The molecule has 3 unspecified atom stereocenters. The molecule has 15 heteroatoms. The van der Waals surface area contributed by atoms with E-state index in [0.717, 1.165) is 148 Å². The van der Waals surface area contributed by atoms with Gasteiger partial charge in [0.05, 0.1) is 0 Å². The van der Waals surface area contributed by atoms with Gasteiger partial charge in [0, 0.05) is 68.2 Å². The Hall–Kier alpha value is -3.55. The third-order valence-corrected chi connectivity index (χ3v) is 25.0. The highest BCUT2D eigenvalue weighted by atomic mass is 79.9. The predicted molar refractivity (Wildman–Crippen MR) is 406 cm³/mol. The van der Waals surface area contributed by atoms with E-state index in [2.05, 4.69) is 116 Å². The monoisotopic (exact) mass is 1590 g/mol.